The first kappa shape index (κ1) is 15.0. The molecule has 1 amide bonds. The average Bonchev–Trinajstić information content (AvgIpc) is 3.38. The summed E-state index contributed by atoms with van der Waals surface area (Å²) in [6.45, 7) is 0. The summed E-state index contributed by atoms with van der Waals surface area (Å²) >= 11 is 0. The van der Waals surface area contributed by atoms with Gasteiger partial charge in [-0.3, -0.25) is 9.78 Å². The van der Waals surface area contributed by atoms with Crippen LogP contribution in [-0.2, 0) is 4.74 Å². The number of hydrogen-bond acceptors (Lipinski definition) is 5. The number of ether oxygens (including phenoxy) is 1. The summed E-state index contributed by atoms with van der Waals surface area (Å²) in [6.07, 6.45) is 5.24. The van der Waals surface area contributed by atoms with E-state index in [2.05, 4.69) is 15.6 Å². The summed E-state index contributed by atoms with van der Waals surface area (Å²) in [5.74, 6) is -0.517. The molecule has 1 aromatic carbocycles. The van der Waals surface area contributed by atoms with E-state index >= 15 is 0 Å². The zero-order chi connectivity index (χ0) is 16.2. The maximum absolute atomic E-state index is 12.0. The van der Waals surface area contributed by atoms with Gasteiger partial charge in [-0.15, -0.1) is 0 Å². The molecule has 0 radical (unpaired) electrons. The molecule has 118 valence electrons. The Morgan fingerprint density at radius 1 is 1.13 bits per heavy atom. The third kappa shape index (κ3) is 3.85. The Balaban J connectivity index is 1.74. The van der Waals surface area contributed by atoms with Crippen LogP contribution in [0.3, 0.4) is 0 Å². The van der Waals surface area contributed by atoms with E-state index in [0.717, 1.165) is 18.5 Å². The minimum Gasteiger partial charge on any atom is -0.465 e. The van der Waals surface area contributed by atoms with Crippen LogP contribution >= 0.6 is 0 Å². The molecule has 6 nitrogen and oxygen atoms in total. The Bertz CT molecular complexity index is 741. The quantitative estimate of drug-likeness (QED) is 0.829. The number of carbonyl (C=O) groups excluding carboxylic acids is 2. The van der Waals surface area contributed by atoms with Gasteiger partial charge >= 0.3 is 5.97 Å². The topological polar surface area (TPSA) is 80.3 Å². The third-order valence-corrected chi connectivity index (χ3v) is 3.49. The molecule has 0 saturated heterocycles. The SMILES string of the molecule is COC(=O)c1cccc(Nc2cncc(C(=O)NC3CC3)c2)c1. The number of benzene rings is 1. The molecule has 23 heavy (non-hydrogen) atoms. The standard InChI is InChI=1S/C17H17N3O3/c1-23-17(22)11-3-2-4-14(7-11)19-15-8-12(9-18-10-15)16(21)20-13-5-6-13/h2-4,7-10,13,19H,5-6H2,1H3,(H,20,21). The van der Waals surface area contributed by atoms with Crippen molar-refractivity contribution in [3.8, 4) is 0 Å². The minimum atomic E-state index is -0.399. The molecule has 2 N–H and O–H groups in total. The summed E-state index contributed by atoms with van der Waals surface area (Å²) in [5.41, 5.74) is 2.35. The average molecular weight is 311 g/mol. The van der Waals surface area contributed by atoms with Gasteiger partial charge in [0.1, 0.15) is 0 Å². The minimum absolute atomic E-state index is 0.119. The molecule has 2 aromatic rings. The highest BCUT2D eigenvalue weighted by Gasteiger charge is 2.23. The molecule has 1 aliphatic rings. The molecule has 1 aromatic heterocycles. The van der Waals surface area contributed by atoms with E-state index in [1.807, 2.05) is 6.07 Å². The van der Waals surface area contributed by atoms with Crippen molar-refractivity contribution in [3.05, 3.63) is 53.9 Å². The first-order valence-electron chi connectivity index (χ1n) is 7.37. The van der Waals surface area contributed by atoms with Gasteiger partial charge in [0.15, 0.2) is 0 Å². The number of esters is 1. The molecule has 3 rings (SSSR count). The van der Waals surface area contributed by atoms with Crippen LogP contribution in [0.2, 0.25) is 0 Å². The molecule has 0 atom stereocenters. The van der Waals surface area contributed by atoms with Crippen LogP contribution in [0.15, 0.2) is 42.7 Å². The highest BCUT2D eigenvalue weighted by molar-refractivity contribution is 5.95. The lowest BCUT2D eigenvalue weighted by Gasteiger charge is -2.09. The van der Waals surface area contributed by atoms with Crippen molar-refractivity contribution in [2.45, 2.75) is 18.9 Å². The Labute approximate surface area is 133 Å². The predicted molar refractivity (Wildman–Crippen MR) is 85.8 cm³/mol. The first-order valence-corrected chi connectivity index (χ1v) is 7.37. The molecule has 0 spiro atoms. The zero-order valence-electron chi connectivity index (χ0n) is 12.7. The summed E-state index contributed by atoms with van der Waals surface area (Å²) in [7, 11) is 1.34. The Morgan fingerprint density at radius 3 is 2.65 bits per heavy atom. The van der Waals surface area contributed by atoms with Crippen LogP contribution < -0.4 is 10.6 Å². The van der Waals surface area contributed by atoms with E-state index in [4.69, 9.17) is 4.74 Å². The highest BCUT2D eigenvalue weighted by Crippen LogP contribution is 2.21. The van der Waals surface area contributed by atoms with Crippen molar-refractivity contribution in [2.75, 3.05) is 12.4 Å². The Kier molecular flexibility index (Phi) is 4.23. The molecular weight excluding hydrogens is 294 g/mol. The van der Waals surface area contributed by atoms with Crippen LogP contribution in [0.1, 0.15) is 33.6 Å². The maximum atomic E-state index is 12.0. The van der Waals surface area contributed by atoms with Gasteiger partial charge in [0.25, 0.3) is 5.91 Å². The number of nitrogens with one attached hydrogen (secondary N) is 2. The number of hydrogen-bond donors (Lipinski definition) is 2. The second-order valence-electron chi connectivity index (χ2n) is 5.41. The molecule has 6 heteroatoms. The molecule has 0 aliphatic heterocycles. The van der Waals surface area contributed by atoms with Gasteiger partial charge in [0, 0.05) is 17.9 Å². The smallest absolute Gasteiger partial charge is 0.337 e. The summed E-state index contributed by atoms with van der Waals surface area (Å²) in [5, 5.41) is 6.06. The van der Waals surface area contributed by atoms with Crippen LogP contribution in [0.25, 0.3) is 0 Å². The van der Waals surface area contributed by atoms with E-state index in [0.29, 0.717) is 22.9 Å². The van der Waals surface area contributed by atoms with Gasteiger partial charge in [-0.05, 0) is 37.1 Å². The lowest BCUT2D eigenvalue weighted by molar-refractivity contribution is 0.0600. The van der Waals surface area contributed by atoms with Gasteiger partial charge in [-0.1, -0.05) is 6.07 Å². The van der Waals surface area contributed by atoms with Gasteiger partial charge in [0.2, 0.25) is 0 Å². The molecular formula is C17H17N3O3. The Morgan fingerprint density at radius 2 is 1.91 bits per heavy atom. The maximum Gasteiger partial charge on any atom is 0.337 e. The fraction of sp³-hybridized carbons (Fsp3) is 0.235. The Hall–Kier alpha value is -2.89. The molecule has 1 aliphatic carbocycles. The monoisotopic (exact) mass is 311 g/mol. The number of anilines is 2. The number of carbonyl (C=O) groups is 2. The third-order valence-electron chi connectivity index (χ3n) is 3.49. The lowest BCUT2D eigenvalue weighted by Crippen LogP contribution is -2.25. The molecule has 0 bridgehead atoms. The number of amides is 1. The van der Waals surface area contributed by atoms with E-state index in [9.17, 15) is 9.59 Å². The second-order valence-corrected chi connectivity index (χ2v) is 5.41. The number of pyridine rings is 1. The van der Waals surface area contributed by atoms with Gasteiger partial charge in [-0.25, -0.2) is 4.79 Å². The van der Waals surface area contributed by atoms with Crippen molar-refractivity contribution < 1.29 is 14.3 Å². The van der Waals surface area contributed by atoms with Crippen LogP contribution in [0, 0.1) is 0 Å². The summed E-state index contributed by atoms with van der Waals surface area (Å²) in [6, 6.07) is 8.97. The number of methoxy groups -OCH3 is 1. The van der Waals surface area contributed by atoms with E-state index in [1.54, 1.807) is 30.5 Å². The van der Waals surface area contributed by atoms with Crippen molar-refractivity contribution >= 4 is 23.3 Å². The van der Waals surface area contributed by atoms with E-state index < -0.39 is 5.97 Å². The normalized spacial score (nSPS) is 13.3. The molecule has 1 heterocycles. The number of nitrogens with zero attached hydrogens (tertiary/aromatic N) is 1. The van der Waals surface area contributed by atoms with Crippen LogP contribution in [-0.4, -0.2) is 30.0 Å². The second kappa shape index (κ2) is 6.48. The molecule has 0 unspecified atom stereocenters. The highest BCUT2D eigenvalue weighted by atomic mass is 16.5. The van der Waals surface area contributed by atoms with E-state index in [1.165, 1.54) is 13.3 Å². The molecule has 1 fully saturated rings. The van der Waals surface area contributed by atoms with Crippen molar-refractivity contribution in [3.63, 3.8) is 0 Å². The van der Waals surface area contributed by atoms with Crippen LogP contribution in [0.5, 0.6) is 0 Å². The van der Waals surface area contributed by atoms with Gasteiger partial charge in [0.05, 0.1) is 30.1 Å². The largest absolute Gasteiger partial charge is 0.465 e. The fourth-order valence-electron chi connectivity index (χ4n) is 2.14. The first-order chi connectivity index (χ1) is 11.2. The lowest BCUT2D eigenvalue weighted by atomic mass is 10.2. The number of rotatable bonds is 5. The predicted octanol–water partition coefficient (Wildman–Crippen LogP) is 2.50. The van der Waals surface area contributed by atoms with E-state index in [-0.39, 0.29) is 5.91 Å². The number of aromatic nitrogens is 1. The van der Waals surface area contributed by atoms with Gasteiger partial charge in [-0.2, -0.15) is 0 Å². The van der Waals surface area contributed by atoms with Crippen molar-refractivity contribution in [1.82, 2.24) is 10.3 Å². The van der Waals surface area contributed by atoms with Crippen LogP contribution in [0.4, 0.5) is 11.4 Å². The summed E-state index contributed by atoms with van der Waals surface area (Å²) in [4.78, 5) is 27.7. The van der Waals surface area contributed by atoms with Crippen molar-refractivity contribution in [1.29, 1.82) is 0 Å². The van der Waals surface area contributed by atoms with Gasteiger partial charge < -0.3 is 15.4 Å². The zero-order valence-corrected chi connectivity index (χ0v) is 12.7. The molecule has 1 saturated carbocycles. The fourth-order valence-corrected chi connectivity index (χ4v) is 2.14. The summed E-state index contributed by atoms with van der Waals surface area (Å²) < 4.78 is 4.70. The van der Waals surface area contributed by atoms with Crippen molar-refractivity contribution in [2.24, 2.45) is 0 Å².